The van der Waals surface area contributed by atoms with Gasteiger partial charge in [0.05, 0.1) is 0 Å². The Balaban J connectivity index is 2.42. The molecule has 0 heterocycles. The minimum atomic E-state index is -0.766. The number of nitrogens with zero attached hydrogens (tertiary/aromatic N) is 1. The normalized spacial score (nSPS) is 19.5. The molecule has 1 fully saturated rings. The van der Waals surface area contributed by atoms with E-state index in [2.05, 4.69) is 38.0 Å². The summed E-state index contributed by atoms with van der Waals surface area (Å²) < 4.78 is 0. The van der Waals surface area contributed by atoms with Gasteiger partial charge in [-0.25, -0.2) is 0 Å². The summed E-state index contributed by atoms with van der Waals surface area (Å²) in [6, 6.07) is 0.422. The summed E-state index contributed by atoms with van der Waals surface area (Å²) in [5.74, 6) is -0.725. The Morgan fingerprint density at radius 1 is 1.37 bits per heavy atom. The van der Waals surface area contributed by atoms with Crippen molar-refractivity contribution in [1.82, 2.24) is 10.2 Å². The van der Waals surface area contributed by atoms with Crippen molar-refractivity contribution in [3.8, 4) is 0 Å². The molecule has 0 bridgehead atoms. The van der Waals surface area contributed by atoms with E-state index in [1.54, 1.807) is 0 Å². The van der Waals surface area contributed by atoms with Gasteiger partial charge in [-0.15, -0.1) is 0 Å². The molecule has 0 aromatic carbocycles. The number of carboxylic acid groups (broad SMARTS) is 1. The van der Waals surface area contributed by atoms with E-state index < -0.39 is 11.5 Å². The largest absolute Gasteiger partial charge is 0.480 e. The third-order valence-corrected chi connectivity index (χ3v) is 4.64. The molecule has 19 heavy (non-hydrogen) atoms. The van der Waals surface area contributed by atoms with E-state index in [1.807, 2.05) is 6.92 Å². The van der Waals surface area contributed by atoms with Crippen molar-refractivity contribution in [2.45, 2.75) is 76.9 Å². The van der Waals surface area contributed by atoms with E-state index in [-0.39, 0.29) is 5.54 Å². The second kappa shape index (κ2) is 6.23. The second-order valence-corrected chi connectivity index (χ2v) is 6.75. The van der Waals surface area contributed by atoms with Crippen molar-refractivity contribution in [3.63, 3.8) is 0 Å². The van der Waals surface area contributed by atoms with Crippen LogP contribution in [0.2, 0.25) is 0 Å². The van der Waals surface area contributed by atoms with Crippen molar-refractivity contribution in [3.05, 3.63) is 0 Å². The predicted molar refractivity (Wildman–Crippen MR) is 78.4 cm³/mol. The van der Waals surface area contributed by atoms with Gasteiger partial charge in [-0.05, 0) is 66.5 Å². The number of aliphatic carboxylic acids is 1. The Labute approximate surface area is 117 Å². The molecule has 1 aliphatic rings. The number of nitrogens with one attached hydrogen (secondary N) is 1. The summed E-state index contributed by atoms with van der Waals surface area (Å²) in [7, 11) is 2.12. The van der Waals surface area contributed by atoms with Crippen LogP contribution in [-0.2, 0) is 4.79 Å². The zero-order chi connectivity index (χ0) is 14.7. The van der Waals surface area contributed by atoms with Gasteiger partial charge >= 0.3 is 5.97 Å². The quantitative estimate of drug-likeness (QED) is 0.676. The summed E-state index contributed by atoms with van der Waals surface area (Å²) in [4.78, 5) is 13.8. The molecule has 4 heteroatoms. The van der Waals surface area contributed by atoms with Gasteiger partial charge in [0.15, 0.2) is 0 Å². The lowest BCUT2D eigenvalue weighted by Gasteiger charge is -2.35. The van der Waals surface area contributed by atoms with Crippen LogP contribution >= 0.6 is 0 Å². The average Bonchev–Trinajstić information content (AvgIpc) is 3.12. The fraction of sp³-hybridized carbons (Fsp3) is 0.933. The molecule has 0 aliphatic heterocycles. The zero-order valence-corrected chi connectivity index (χ0v) is 13.1. The summed E-state index contributed by atoms with van der Waals surface area (Å²) in [6.07, 6.45) is 4.92. The average molecular weight is 270 g/mol. The third kappa shape index (κ3) is 4.77. The highest BCUT2D eigenvalue weighted by molar-refractivity contribution is 5.78. The fourth-order valence-electron chi connectivity index (χ4n) is 2.16. The van der Waals surface area contributed by atoms with Crippen molar-refractivity contribution < 1.29 is 9.90 Å². The predicted octanol–water partition coefficient (Wildman–Crippen LogP) is 2.48. The van der Waals surface area contributed by atoms with Crippen LogP contribution in [0.1, 0.15) is 59.8 Å². The molecule has 1 atom stereocenters. The Morgan fingerprint density at radius 2 is 1.95 bits per heavy atom. The molecule has 4 nitrogen and oxygen atoms in total. The first-order valence-corrected chi connectivity index (χ1v) is 7.43. The van der Waals surface area contributed by atoms with E-state index in [4.69, 9.17) is 0 Å². The first-order chi connectivity index (χ1) is 8.71. The van der Waals surface area contributed by atoms with Gasteiger partial charge in [-0.1, -0.05) is 6.92 Å². The van der Waals surface area contributed by atoms with Gasteiger partial charge < -0.3 is 10.0 Å². The molecule has 2 N–H and O–H groups in total. The number of rotatable bonds is 9. The van der Waals surface area contributed by atoms with E-state index >= 15 is 0 Å². The molecule has 0 aromatic rings. The van der Waals surface area contributed by atoms with Crippen LogP contribution in [0.5, 0.6) is 0 Å². The van der Waals surface area contributed by atoms with Gasteiger partial charge in [0.1, 0.15) is 5.54 Å². The van der Waals surface area contributed by atoms with E-state index in [0.29, 0.717) is 12.5 Å². The Hall–Kier alpha value is -0.610. The highest BCUT2D eigenvalue weighted by atomic mass is 16.4. The van der Waals surface area contributed by atoms with Crippen molar-refractivity contribution in [1.29, 1.82) is 0 Å². The molecule has 1 saturated carbocycles. The Morgan fingerprint density at radius 3 is 2.37 bits per heavy atom. The second-order valence-electron chi connectivity index (χ2n) is 6.75. The van der Waals surface area contributed by atoms with Crippen LogP contribution in [0.3, 0.4) is 0 Å². The molecule has 1 rings (SSSR count). The molecular weight excluding hydrogens is 240 g/mol. The van der Waals surface area contributed by atoms with Gasteiger partial charge in [0, 0.05) is 11.6 Å². The van der Waals surface area contributed by atoms with Crippen LogP contribution in [0.4, 0.5) is 0 Å². The number of carboxylic acids is 1. The van der Waals surface area contributed by atoms with Gasteiger partial charge in [0.2, 0.25) is 0 Å². The number of carbonyl (C=O) groups is 1. The SMILES string of the molecule is CCC(C)(C)N(C)CCCC(C)(NC1CC1)C(=O)O. The summed E-state index contributed by atoms with van der Waals surface area (Å²) >= 11 is 0. The van der Waals surface area contributed by atoms with E-state index in [0.717, 1.165) is 32.2 Å². The molecule has 0 aromatic heterocycles. The molecule has 1 unspecified atom stereocenters. The lowest BCUT2D eigenvalue weighted by atomic mass is 9.94. The molecule has 0 saturated heterocycles. The summed E-state index contributed by atoms with van der Waals surface area (Å²) in [6.45, 7) is 9.40. The van der Waals surface area contributed by atoms with Crippen LogP contribution in [0, 0.1) is 0 Å². The fourth-order valence-corrected chi connectivity index (χ4v) is 2.16. The van der Waals surface area contributed by atoms with Crippen LogP contribution in [0.25, 0.3) is 0 Å². The highest BCUT2D eigenvalue weighted by Crippen LogP contribution is 2.25. The molecule has 0 amide bonds. The first kappa shape index (κ1) is 16.4. The standard InChI is InChI=1S/C15H30N2O2/c1-6-14(2,3)17(5)11-7-10-15(4,13(18)19)16-12-8-9-12/h12,16H,6-11H2,1-5H3,(H,18,19). The minimum absolute atomic E-state index is 0.184. The van der Waals surface area contributed by atoms with Crippen LogP contribution in [0.15, 0.2) is 0 Å². The molecule has 0 radical (unpaired) electrons. The highest BCUT2D eigenvalue weighted by Gasteiger charge is 2.38. The molecule has 1 aliphatic carbocycles. The van der Waals surface area contributed by atoms with Crippen LogP contribution in [-0.4, -0.2) is 46.7 Å². The third-order valence-electron chi connectivity index (χ3n) is 4.64. The Bertz CT molecular complexity index is 313. The first-order valence-electron chi connectivity index (χ1n) is 7.43. The van der Waals surface area contributed by atoms with Crippen LogP contribution < -0.4 is 5.32 Å². The molecule has 112 valence electrons. The van der Waals surface area contributed by atoms with Gasteiger partial charge in [-0.3, -0.25) is 10.1 Å². The maximum Gasteiger partial charge on any atom is 0.323 e. The number of hydrogen-bond donors (Lipinski definition) is 2. The maximum absolute atomic E-state index is 11.4. The van der Waals surface area contributed by atoms with Crippen molar-refractivity contribution in [2.24, 2.45) is 0 Å². The van der Waals surface area contributed by atoms with Crippen molar-refractivity contribution in [2.75, 3.05) is 13.6 Å². The zero-order valence-electron chi connectivity index (χ0n) is 13.1. The Kier molecular flexibility index (Phi) is 5.39. The smallest absolute Gasteiger partial charge is 0.323 e. The summed E-state index contributed by atoms with van der Waals surface area (Å²) in [5, 5.41) is 12.7. The topological polar surface area (TPSA) is 52.6 Å². The number of hydrogen-bond acceptors (Lipinski definition) is 3. The van der Waals surface area contributed by atoms with Gasteiger partial charge in [0.25, 0.3) is 0 Å². The van der Waals surface area contributed by atoms with E-state index in [9.17, 15) is 9.90 Å². The van der Waals surface area contributed by atoms with Crippen molar-refractivity contribution >= 4 is 5.97 Å². The van der Waals surface area contributed by atoms with Gasteiger partial charge in [-0.2, -0.15) is 0 Å². The minimum Gasteiger partial charge on any atom is -0.480 e. The maximum atomic E-state index is 11.4. The monoisotopic (exact) mass is 270 g/mol. The summed E-state index contributed by atoms with van der Waals surface area (Å²) in [5.41, 5.74) is -0.581. The molecule has 0 spiro atoms. The molecular formula is C15H30N2O2. The lowest BCUT2D eigenvalue weighted by molar-refractivity contribution is -0.144. The van der Waals surface area contributed by atoms with E-state index in [1.165, 1.54) is 0 Å². The lowest BCUT2D eigenvalue weighted by Crippen LogP contribution is -2.51.